The van der Waals surface area contributed by atoms with Crippen LogP contribution in [0.3, 0.4) is 0 Å². The molecule has 1 fully saturated rings. The summed E-state index contributed by atoms with van der Waals surface area (Å²) in [5.41, 5.74) is 8.95. The van der Waals surface area contributed by atoms with E-state index < -0.39 is 5.91 Å². The van der Waals surface area contributed by atoms with Crippen LogP contribution >= 0.6 is 12.4 Å². The summed E-state index contributed by atoms with van der Waals surface area (Å²) < 4.78 is 0. The smallest absolute Gasteiger partial charge is 0.248 e. The van der Waals surface area contributed by atoms with Crippen LogP contribution in [0, 0.1) is 0 Å². The van der Waals surface area contributed by atoms with Gasteiger partial charge in [0.2, 0.25) is 11.8 Å². The molecule has 0 saturated carbocycles. The number of primary amides is 1. The Bertz CT molecular complexity index is 809. The molecule has 1 atom stereocenters. The van der Waals surface area contributed by atoms with E-state index in [2.05, 4.69) is 46.7 Å². The second-order valence-corrected chi connectivity index (χ2v) is 7.09. The number of rotatable bonds is 7. The van der Waals surface area contributed by atoms with Crippen LogP contribution in [0.1, 0.15) is 40.9 Å². The van der Waals surface area contributed by atoms with Gasteiger partial charge in [-0.05, 0) is 41.8 Å². The second-order valence-electron chi connectivity index (χ2n) is 7.09. The predicted octanol–water partition coefficient (Wildman–Crippen LogP) is 2.74. The number of aryl methyl sites for hydroxylation is 1. The predicted molar refractivity (Wildman–Crippen MR) is 118 cm³/mol. The van der Waals surface area contributed by atoms with Gasteiger partial charge in [0, 0.05) is 49.9 Å². The minimum Gasteiger partial charge on any atom is -0.366 e. The van der Waals surface area contributed by atoms with Gasteiger partial charge in [0.1, 0.15) is 0 Å². The maximum absolute atomic E-state index is 12.4. The number of carbonyl (C=O) groups excluding carboxylic acids is 2. The maximum atomic E-state index is 12.4. The molecular weight excluding hydrogens is 388 g/mol. The number of anilines is 1. The van der Waals surface area contributed by atoms with Crippen LogP contribution in [0.4, 0.5) is 5.69 Å². The Morgan fingerprint density at radius 2 is 1.83 bits per heavy atom. The van der Waals surface area contributed by atoms with E-state index in [1.807, 2.05) is 0 Å². The van der Waals surface area contributed by atoms with Gasteiger partial charge in [-0.25, -0.2) is 0 Å². The molecule has 2 aromatic carbocycles. The quantitative estimate of drug-likeness (QED) is 0.647. The zero-order valence-corrected chi connectivity index (χ0v) is 17.5. The number of carbonyl (C=O) groups is 2. The summed E-state index contributed by atoms with van der Waals surface area (Å²) in [5, 5.41) is 6.34. The van der Waals surface area contributed by atoms with Crippen LogP contribution in [-0.2, 0) is 11.2 Å². The van der Waals surface area contributed by atoms with Crippen molar-refractivity contribution in [3.63, 3.8) is 0 Å². The lowest BCUT2D eigenvalue weighted by atomic mass is 10.0. The molecule has 0 spiro atoms. The highest BCUT2D eigenvalue weighted by molar-refractivity contribution is 5.94. The lowest BCUT2D eigenvalue weighted by Crippen LogP contribution is -2.46. The van der Waals surface area contributed by atoms with Crippen molar-refractivity contribution in [2.75, 3.05) is 31.5 Å². The number of nitrogens with one attached hydrogen (secondary N) is 2. The van der Waals surface area contributed by atoms with Crippen LogP contribution in [0.15, 0.2) is 48.5 Å². The number of halogens is 1. The molecule has 1 saturated heterocycles. The zero-order valence-electron chi connectivity index (χ0n) is 16.7. The Labute approximate surface area is 178 Å². The first-order chi connectivity index (χ1) is 13.6. The van der Waals surface area contributed by atoms with Gasteiger partial charge in [-0.3, -0.25) is 14.5 Å². The summed E-state index contributed by atoms with van der Waals surface area (Å²) in [4.78, 5) is 25.8. The first kappa shape index (κ1) is 22.9. The van der Waals surface area contributed by atoms with Crippen molar-refractivity contribution in [1.82, 2.24) is 10.2 Å². The van der Waals surface area contributed by atoms with Gasteiger partial charge in [-0.15, -0.1) is 12.4 Å². The molecule has 1 heterocycles. The molecule has 29 heavy (non-hydrogen) atoms. The third kappa shape index (κ3) is 6.29. The minimum atomic E-state index is -0.477. The topological polar surface area (TPSA) is 87.5 Å². The summed E-state index contributed by atoms with van der Waals surface area (Å²) in [7, 11) is 0. The summed E-state index contributed by atoms with van der Waals surface area (Å²) in [5.74, 6) is -0.514. The van der Waals surface area contributed by atoms with E-state index in [0.29, 0.717) is 24.2 Å². The first-order valence-electron chi connectivity index (χ1n) is 9.80. The van der Waals surface area contributed by atoms with Crippen molar-refractivity contribution in [2.24, 2.45) is 5.73 Å². The first-order valence-corrected chi connectivity index (χ1v) is 9.80. The summed E-state index contributed by atoms with van der Waals surface area (Å²) in [6.45, 7) is 5.60. The van der Waals surface area contributed by atoms with Crippen LogP contribution < -0.4 is 16.4 Å². The minimum absolute atomic E-state index is 0. The van der Waals surface area contributed by atoms with E-state index in [4.69, 9.17) is 5.73 Å². The molecule has 0 aliphatic carbocycles. The van der Waals surface area contributed by atoms with Gasteiger partial charge >= 0.3 is 0 Å². The van der Waals surface area contributed by atoms with Gasteiger partial charge in [0.25, 0.3) is 0 Å². The Balaban J connectivity index is 0.00000300. The molecule has 2 amide bonds. The van der Waals surface area contributed by atoms with Gasteiger partial charge in [0.15, 0.2) is 0 Å². The average molecular weight is 417 g/mol. The molecule has 2 aromatic rings. The highest BCUT2D eigenvalue weighted by Crippen LogP contribution is 2.23. The zero-order chi connectivity index (χ0) is 19.9. The number of hydrogen-bond donors (Lipinski definition) is 3. The molecule has 1 aliphatic rings. The summed E-state index contributed by atoms with van der Waals surface area (Å²) in [6.07, 6.45) is 1.45. The van der Waals surface area contributed by atoms with E-state index in [1.165, 1.54) is 11.1 Å². The Kier molecular flexibility index (Phi) is 8.64. The van der Waals surface area contributed by atoms with E-state index in [-0.39, 0.29) is 24.4 Å². The number of nitrogens with zero attached hydrogens (tertiary/aromatic N) is 1. The molecule has 0 bridgehead atoms. The van der Waals surface area contributed by atoms with E-state index in [0.717, 1.165) is 26.1 Å². The Morgan fingerprint density at radius 3 is 2.45 bits per heavy atom. The van der Waals surface area contributed by atoms with Crippen LogP contribution in [0.2, 0.25) is 0 Å². The highest BCUT2D eigenvalue weighted by Gasteiger charge is 2.24. The van der Waals surface area contributed by atoms with Gasteiger partial charge in [0.05, 0.1) is 0 Å². The van der Waals surface area contributed by atoms with Crippen molar-refractivity contribution in [1.29, 1.82) is 0 Å². The molecule has 1 unspecified atom stereocenters. The number of piperazine rings is 1. The number of nitrogens with two attached hydrogens (primary N) is 1. The fraction of sp³-hybridized carbons (Fsp3) is 0.364. The standard InChI is InChI=1S/C22H28N4O2.ClH/c1-2-16-3-5-17(6-4-16)20-15-24-12-14-26(20)13-11-21(27)25-19-9-7-18(8-10-19)22(23)28;/h3-10,20,24H,2,11-15H2,1H3,(H2,23,28)(H,25,27);1H. The fourth-order valence-electron chi connectivity index (χ4n) is 3.50. The lowest BCUT2D eigenvalue weighted by molar-refractivity contribution is -0.116. The monoisotopic (exact) mass is 416 g/mol. The molecule has 0 aromatic heterocycles. The third-order valence-corrected chi connectivity index (χ3v) is 5.21. The number of hydrogen-bond acceptors (Lipinski definition) is 4. The van der Waals surface area contributed by atoms with Gasteiger partial charge in [-0.1, -0.05) is 31.2 Å². The molecule has 4 N–H and O–H groups in total. The number of amides is 2. The van der Waals surface area contributed by atoms with Gasteiger partial charge < -0.3 is 16.4 Å². The van der Waals surface area contributed by atoms with Crippen molar-refractivity contribution in [3.05, 3.63) is 65.2 Å². The van der Waals surface area contributed by atoms with Gasteiger partial charge in [-0.2, -0.15) is 0 Å². The summed E-state index contributed by atoms with van der Waals surface area (Å²) >= 11 is 0. The normalized spacial score (nSPS) is 16.7. The SMILES string of the molecule is CCc1ccc(C2CNCCN2CCC(=O)Nc2ccc(C(N)=O)cc2)cc1.Cl. The molecule has 7 heteroatoms. The second kappa shape index (κ2) is 11.0. The molecule has 6 nitrogen and oxygen atoms in total. The van der Waals surface area contributed by atoms with E-state index >= 15 is 0 Å². The molecule has 3 rings (SSSR count). The number of benzene rings is 2. The molecule has 1 aliphatic heterocycles. The maximum Gasteiger partial charge on any atom is 0.248 e. The van der Waals surface area contributed by atoms with Crippen molar-refractivity contribution in [3.8, 4) is 0 Å². The van der Waals surface area contributed by atoms with Crippen molar-refractivity contribution in [2.45, 2.75) is 25.8 Å². The largest absolute Gasteiger partial charge is 0.366 e. The van der Waals surface area contributed by atoms with Crippen LogP contribution in [0.25, 0.3) is 0 Å². The summed E-state index contributed by atoms with van der Waals surface area (Å²) in [6, 6.07) is 15.7. The van der Waals surface area contributed by atoms with Crippen molar-refractivity contribution < 1.29 is 9.59 Å². The molecule has 0 radical (unpaired) electrons. The third-order valence-electron chi connectivity index (χ3n) is 5.21. The fourth-order valence-corrected chi connectivity index (χ4v) is 3.50. The average Bonchev–Trinajstić information content (AvgIpc) is 2.73. The highest BCUT2D eigenvalue weighted by atomic mass is 35.5. The lowest BCUT2D eigenvalue weighted by Gasteiger charge is -2.36. The van der Waals surface area contributed by atoms with Crippen LogP contribution in [-0.4, -0.2) is 42.9 Å². The van der Waals surface area contributed by atoms with E-state index in [1.54, 1.807) is 24.3 Å². The Hall–Kier alpha value is -2.41. The molecule has 156 valence electrons. The molecular formula is C22H29ClN4O2. The van der Waals surface area contributed by atoms with Crippen molar-refractivity contribution >= 4 is 29.9 Å². The van der Waals surface area contributed by atoms with Crippen LogP contribution in [0.5, 0.6) is 0 Å². The van der Waals surface area contributed by atoms with E-state index in [9.17, 15) is 9.59 Å². The Morgan fingerprint density at radius 1 is 1.14 bits per heavy atom.